The molecule has 1 aliphatic rings. The summed E-state index contributed by atoms with van der Waals surface area (Å²) in [5, 5.41) is 0. The van der Waals surface area contributed by atoms with E-state index in [0.29, 0.717) is 12.5 Å². The number of likely N-dealkylation sites (N-methyl/N-ethyl adjacent to an activating group) is 1. The Morgan fingerprint density at radius 1 is 1.53 bits per heavy atom. The second kappa shape index (κ2) is 3.18. The number of rotatable bonds is 1. The lowest BCUT2D eigenvalue weighted by molar-refractivity contribution is 0.265. The minimum Gasteiger partial charge on any atom is -0.370 e. The van der Waals surface area contributed by atoms with Crippen molar-refractivity contribution in [1.82, 2.24) is 9.88 Å². The summed E-state index contributed by atoms with van der Waals surface area (Å²) in [6.07, 6.45) is 2.83. The molecular formula is C10H13FN4. The maximum atomic E-state index is 13.1. The molecule has 0 aromatic carbocycles. The van der Waals surface area contributed by atoms with Crippen LogP contribution in [0.15, 0.2) is 23.5 Å². The molecule has 4 nitrogen and oxygen atoms in total. The van der Waals surface area contributed by atoms with E-state index in [2.05, 4.69) is 9.98 Å². The quantitative estimate of drug-likeness (QED) is 0.739. The molecular weight excluding hydrogens is 195 g/mol. The second-order valence-electron chi connectivity index (χ2n) is 3.90. The summed E-state index contributed by atoms with van der Waals surface area (Å²) < 4.78 is 13.1. The molecule has 2 N–H and O–H groups in total. The van der Waals surface area contributed by atoms with Crippen molar-refractivity contribution in [2.75, 3.05) is 13.6 Å². The zero-order chi connectivity index (χ0) is 11.1. The number of hydrogen-bond acceptors (Lipinski definition) is 4. The molecule has 0 radical (unpaired) electrons. The van der Waals surface area contributed by atoms with Gasteiger partial charge < -0.3 is 10.6 Å². The molecule has 1 atom stereocenters. The molecule has 1 aromatic heterocycles. The van der Waals surface area contributed by atoms with Crippen LogP contribution in [0.25, 0.3) is 0 Å². The number of pyridine rings is 1. The zero-order valence-electron chi connectivity index (χ0n) is 8.74. The van der Waals surface area contributed by atoms with Crippen LogP contribution in [0.5, 0.6) is 0 Å². The van der Waals surface area contributed by atoms with Gasteiger partial charge in [-0.05, 0) is 13.0 Å². The predicted octanol–water partition coefficient (Wildman–Crippen LogP) is 0.696. The molecule has 1 unspecified atom stereocenters. The number of guanidine groups is 1. The van der Waals surface area contributed by atoms with Gasteiger partial charge in [0.2, 0.25) is 0 Å². The Kier molecular flexibility index (Phi) is 2.10. The highest BCUT2D eigenvalue weighted by atomic mass is 19.1. The molecule has 5 heteroatoms. The topological polar surface area (TPSA) is 54.5 Å². The molecule has 15 heavy (non-hydrogen) atoms. The minimum atomic E-state index is -0.390. The van der Waals surface area contributed by atoms with Gasteiger partial charge in [0.05, 0.1) is 18.3 Å². The van der Waals surface area contributed by atoms with Gasteiger partial charge >= 0.3 is 0 Å². The Labute approximate surface area is 87.6 Å². The average Bonchev–Trinajstić information content (AvgIpc) is 2.48. The molecule has 2 rings (SSSR count). The standard InChI is InChI=1S/C10H13FN4/c1-10(6-14-9(12)15(10)2)7-3-8(11)5-13-4-7/h3-5H,6H2,1-2H3,(H2,12,14). The van der Waals surface area contributed by atoms with Crippen molar-refractivity contribution in [2.45, 2.75) is 12.5 Å². The third-order valence-corrected chi connectivity index (χ3v) is 2.96. The van der Waals surface area contributed by atoms with Crippen molar-refractivity contribution >= 4 is 5.96 Å². The minimum absolute atomic E-state index is 0.340. The summed E-state index contributed by atoms with van der Waals surface area (Å²) in [6.45, 7) is 2.49. The fourth-order valence-corrected chi connectivity index (χ4v) is 1.69. The summed E-state index contributed by atoms with van der Waals surface area (Å²) in [5.74, 6) is 0.134. The highest BCUT2D eigenvalue weighted by Gasteiger charge is 2.37. The van der Waals surface area contributed by atoms with Crippen LogP contribution >= 0.6 is 0 Å². The van der Waals surface area contributed by atoms with E-state index in [4.69, 9.17) is 5.73 Å². The van der Waals surface area contributed by atoms with Crippen LogP contribution in [0.4, 0.5) is 4.39 Å². The summed E-state index contributed by atoms with van der Waals surface area (Å²) in [7, 11) is 1.84. The monoisotopic (exact) mass is 208 g/mol. The smallest absolute Gasteiger partial charge is 0.191 e. The van der Waals surface area contributed by atoms with Crippen LogP contribution in [0.1, 0.15) is 12.5 Å². The lowest BCUT2D eigenvalue weighted by atomic mass is 9.93. The molecule has 1 aromatic rings. The second-order valence-corrected chi connectivity index (χ2v) is 3.90. The average molecular weight is 208 g/mol. The van der Waals surface area contributed by atoms with Gasteiger partial charge in [0.25, 0.3) is 0 Å². The van der Waals surface area contributed by atoms with E-state index >= 15 is 0 Å². The van der Waals surface area contributed by atoms with Gasteiger partial charge in [0.15, 0.2) is 5.96 Å². The summed E-state index contributed by atoms with van der Waals surface area (Å²) in [4.78, 5) is 9.82. The van der Waals surface area contributed by atoms with E-state index < -0.39 is 0 Å². The number of halogens is 1. The third-order valence-electron chi connectivity index (χ3n) is 2.96. The first-order valence-corrected chi connectivity index (χ1v) is 4.69. The van der Waals surface area contributed by atoms with Crippen LogP contribution in [-0.4, -0.2) is 29.4 Å². The molecule has 0 saturated carbocycles. The van der Waals surface area contributed by atoms with Crippen LogP contribution in [0.3, 0.4) is 0 Å². The molecule has 0 fully saturated rings. The van der Waals surface area contributed by atoms with Crippen molar-refractivity contribution < 1.29 is 4.39 Å². The van der Waals surface area contributed by atoms with Crippen LogP contribution in [-0.2, 0) is 5.54 Å². The third kappa shape index (κ3) is 1.44. The van der Waals surface area contributed by atoms with Crippen LogP contribution < -0.4 is 5.73 Å². The number of nitrogens with two attached hydrogens (primary N) is 1. The molecule has 0 aliphatic carbocycles. The van der Waals surface area contributed by atoms with Gasteiger partial charge in [-0.25, -0.2) is 4.39 Å². The van der Waals surface area contributed by atoms with E-state index in [-0.39, 0.29) is 11.4 Å². The normalized spacial score (nSPS) is 25.5. The Balaban J connectivity index is 2.40. The molecule has 0 amide bonds. The summed E-state index contributed by atoms with van der Waals surface area (Å²) >= 11 is 0. The molecule has 0 saturated heterocycles. The SMILES string of the molecule is CN1C(N)=NCC1(C)c1cncc(F)c1. The van der Waals surface area contributed by atoms with Crippen LogP contribution in [0, 0.1) is 5.82 Å². The van der Waals surface area contributed by atoms with Crippen molar-refractivity contribution in [1.29, 1.82) is 0 Å². The first-order valence-electron chi connectivity index (χ1n) is 4.69. The number of nitrogens with zero attached hydrogens (tertiary/aromatic N) is 3. The van der Waals surface area contributed by atoms with Gasteiger partial charge in [-0.15, -0.1) is 0 Å². The fourth-order valence-electron chi connectivity index (χ4n) is 1.69. The first kappa shape index (κ1) is 9.89. The van der Waals surface area contributed by atoms with Crippen molar-refractivity contribution in [2.24, 2.45) is 10.7 Å². The largest absolute Gasteiger partial charge is 0.370 e. The van der Waals surface area contributed by atoms with E-state index in [1.807, 2.05) is 18.9 Å². The number of hydrogen-bond donors (Lipinski definition) is 1. The molecule has 2 heterocycles. The molecule has 0 bridgehead atoms. The van der Waals surface area contributed by atoms with E-state index in [1.54, 1.807) is 6.20 Å². The van der Waals surface area contributed by atoms with E-state index in [1.165, 1.54) is 12.3 Å². The molecule has 0 spiro atoms. The number of aromatic nitrogens is 1. The highest BCUT2D eigenvalue weighted by Crippen LogP contribution is 2.30. The van der Waals surface area contributed by atoms with E-state index in [0.717, 1.165) is 5.56 Å². The van der Waals surface area contributed by atoms with Crippen molar-refractivity contribution in [3.8, 4) is 0 Å². The van der Waals surface area contributed by atoms with Gasteiger partial charge in [-0.2, -0.15) is 0 Å². The van der Waals surface area contributed by atoms with E-state index in [9.17, 15) is 4.39 Å². The molecule has 1 aliphatic heterocycles. The maximum absolute atomic E-state index is 13.1. The predicted molar refractivity (Wildman–Crippen MR) is 55.8 cm³/mol. The Hall–Kier alpha value is -1.65. The van der Waals surface area contributed by atoms with Gasteiger partial charge in [0.1, 0.15) is 5.82 Å². The summed E-state index contributed by atoms with van der Waals surface area (Å²) in [6, 6.07) is 1.47. The highest BCUT2D eigenvalue weighted by molar-refractivity contribution is 5.80. The van der Waals surface area contributed by atoms with Crippen LogP contribution in [0.2, 0.25) is 0 Å². The van der Waals surface area contributed by atoms with Crippen molar-refractivity contribution in [3.05, 3.63) is 29.8 Å². The maximum Gasteiger partial charge on any atom is 0.191 e. The summed E-state index contributed by atoms with van der Waals surface area (Å²) in [5.41, 5.74) is 6.09. The Morgan fingerprint density at radius 3 is 2.80 bits per heavy atom. The van der Waals surface area contributed by atoms with Crippen molar-refractivity contribution in [3.63, 3.8) is 0 Å². The van der Waals surface area contributed by atoms with Gasteiger partial charge in [-0.3, -0.25) is 9.98 Å². The zero-order valence-corrected chi connectivity index (χ0v) is 8.74. The first-order chi connectivity index (χ1) is 7.04. The Morgan fingerprint density at radius 2 is 2.27 bits per heavy atom. The number of aliphatic imine (C=N–C) groups is 1. The van der Waals surface area contributed by atoms with Gasteiger partial charge in [0, 0.05) is 18.8 Å². The lowest BCUT2D eigenvalue weighted by Crippen LogP contribution is -2.44. The van der Waals surface area contributed by atoms with Gasteiger partial charge in [-0.1, -0.05) is 0 Å². The Bertz CT molecular complexity index is 418. The molecule has 80 valence electrons. The fraction of sp³-hybridized carbons (Fsp3) is 0.400. The lowest BCUT2D eigenvalue weighted by Gasteiger charge is -2.33.